The van der Waals surface area contributed by atoms with E-state index >= 15 is 0 Å². The molecule has 6 heteroatoms. The van der Waals surface area contributed by atoms with E-state index in [1.807, 2.05) is 31.3 Å². The summed E-state index contributed by atoms with van der Waals surface area (Å²) in [6.07, 6.45) is 0. The highest BCUT2D eigenvalue weighted by Gasteiger charge is 2.07. The zero-order valence-corrected chi connectivity index (χ0v) is 12.9. The molecule has 0 bridgehead atoms. The van der Waals surface area contributed by atoms with Crippen molar-refractivity contribution in [3.8, 4) is 0 Å². The van der Waals surface area contributed by atoms with Crippen molar-refractivity contribution in [1.29, 1.82) is 0 Å². The van der Waals surface area contributed by atoms with Gasteiger partial charge >= 0.3 is 6.03 Å². The lowest BCUT2D eigenvalue weighted by Gasteiger charge is -2.12. The van der Waals surface area contributed by atoms with Gasteiger partial charge in [0, 0.05) is 28.0 Å². The number of rotatable bonds is 4. The topological polar surface area (TPSA) is 53.2 Å². The van der Waals surface area contributed by atoms with Gasteiger partial charge in [-0.05, 0) is 36.9 Å². The summed E-state index contributed by atoms with van der Waals surface area (Å²) >= 11 is 11.8. The molecule has 4 nitrogen and oxygen atoms in total. The second kappa shape index (κ2) is 7.31. The monoisotopic (exact) mass is 323 g/mol. The number of benzene rings is 2. The molecule has 0 aliphatic heterocycles. The minimum absolute atomic E-state index is 0.350. The van der Waals surface area contributed by atoms with Crippen LogP contribution >= 0.6 is 23.2 Å². The maximum Gasteiger partial charge on any atom is 0.323 e. The average Bonchev–Trinajstić information content (AvgIpc) is 2.40. The molecule has 0 aliphatic carbocycles. The smallest absolute Gasteiger partial charge is 0.316 e. The first-order valence-electron chi connectivity index (χ1n) is 6.35. The maximum atomic E-state index is 12.0. The molecule has 0 fully saturated rings. The molecule has 0 unspecified atom stereocenters. The fourth-order valence-electron chi connectivity index (χ4n) is 1.90. The van der Waals surface area contributed by atoms with Crippen molar-refractivity contribution in [3.05, 3.63) is 58.1 Å². The van der Waals surface area contributed by atoms with E-state index in [1.165, 1.54) is 0 Å². The van der Waals surface area contributed by atoms with Gasteiger partial charge in [-0.1, -0.05) is 41.4 Å². The Labute approximate surface area is 133 Å². The number of halogens is 2. The van der Waals surface area contributed by atoms with Gasteiger partial charge in [-0.25, -0.2) is 4.79 Å². The van der Waals surface area contributed by atoms with Gasteiger partial charge in [-0.2, -0.15) is 0 Å². The van der Waals surface area contributed by atoms with Crippen molar-refractivity contribution >= 4 is 40.6 Å². The fourth-order valence-corrected chi connectivity index (χ4v) is 2.42. The third-order valence-corrected chi connectivity index (χ3v) is 3.19. The summed E-state index contributed by atoms with van der Waals surface area (Å²) in [6.45, 7) is 0.666. The highest BCUT2D eigenvalue weighted by atomic mass is 35.5. The molecule has 3 N–H and O–H groups in total. The Kier molecular flexibility index (Phi) is 5.44. The molecule has 0 radical (unpaired) electrons. The van der Waals surface area contributed by atoms with Gasteiger partial charge in [-0.3, -0.25) is 0 Å². The normalized spacial score (nSPS) is 10.2. The lowest BCUT2D eigenvalue weighted by molar-refractivity contribution is 0.262. The molecular formula is C15H15Cl2N3O. The SMILES string of the molecule is CNCc1ccccc1NC(=O)Nc1cc(Cl)cc(Cl)c1. The summed E-state index contributed by atoms with van der Waals surface area (Å²) in [5.41, 5.74) is 2.29. The molecule has 0 atom stereocenters. The number of hydrogen-bond donors (Lipinski definition) is 3. The average molecular weight is 324 g/mol. The molecule has 0 spiro atoms. The van der Waals surface area contributed by atoms with Crippen molar-refractivity contribution in [2.75, 3.05) is 17.7 Å². The van der Waals surface area contributed by atoms with Crippen molar-refractivity contribution in [3.63, 3.8) is 0 Å². The molecular weight excluding hydrogens is 309 g/mol. The molecule has 21 heavy (non-hydrogen) atoms. The molecule has 110 valence electrons. The van der Waals surface area contributed by atoms with Crippen LogP contribution in [-0.4, -0.2) is 13.1 Å². The molecule has 0 saturated carbocycles. The molecule has 0 heterocycles. The van der Waals surface area contributed by atoms with Gasteiger partial charge in [0.1, 0.15) is 0 Å². The second-order valence-electron chi connectivity index (χ2n) is 4.42. The van der Waals surface area contributed by atoms with Crippen molar-refractivity contribution < 1.29 is 4.79 Å². The molecule has 2 aromatic rings. The van der Waals surface area contributed by atoms with Crippen molar-refractivity contribution in [2.24, 2.45) is 0 Å². The van der Waals surface area contributed by atoms with Gasteiger partial charge in [0.25, 0.3) is 0 Å². The minimum atomic E-state index is -0.350. The van der Waals surface area contributed by atoms with Crippen LogP contribution in [0.15, 0.2) is 42.5 Å². The van der Waals surface area contributed by atoms with Crippen LogP contribution in [0.5, 0.6) is 0 Å². The van der Waals surface area contributed by atoms with Gasteiger partial charge < -0.3 is 16.0 Å². The number of urea groups is 1. The number of anilines is 2. The maximum absolute atomic E-state index is 12.0. The Balaban J connectivity index is 2.08. The van der Waals surface area contributed by atoms with E-state index < -0.39 is 0 Å². The molecule has 0 aliphatic rings. The van der Waals surface area contributed by atoms with Crippen molar-refractivity contribution in [1.82, 2.24) is 5.32 Å². The zero-order chi connectivity index (χ0) is 15.2. The fraction of sp³-hybridized carbons (Fsp3) is 0.133. The van der Waals surface area contributed by atoms with Gasteiger partial charge in [0.15, 0.2) is 0 Å². The Bertz CT molecular complexity index is 626. The summed E-state index contributed by atoms with van der Waals surface area (Å²) in [5, 5.41) is 9.50. The van der Waals surface area contributed by atoms with Crippen LogP contribution in [0.1, 0.15) is 5.56 Å². The summed E-state index contributed by atoms with van der Waals surface area (Å²) in [7, 11) is 1.85. The lowest BCUT2D eigenvalue weighted by Crippen LogP contribution is -2.21. The summed E-state index contributed by atoms with van der Waals surface area (Å²) in [4.78, 5) is 12.0. The van der Waals surface area contributed by atoms with Crippen LogP contribution in [0.2, 0.25) is 10.0 Å². The Morgan fingerprint density at radius 1 is 1.05 bits per heavy atom. The van der Waals surface area contributed by atoms with Crippen LogP contribution in [0.3, 0.4) is 0 Å². The quantitative estimate of drug-likeness (QED) is 0.783. The number of carbonyl (C=O) groups excluding carboxylic acids is 1. The standard InChI is InChI=1S/C15H15Cl2N3O/c1-18-9-10-4-2-3-5-14(10)20-15(21)19-13-7-11(16)6-12(17)8-13/h2-8,18H,9H2,1H3,(H2,19,20,21). The van der Waals surface area contributed by atoms with Crippen LogP contribution in [0.4, 0.5) is 16.2 Å². The third kappa shape index (κ3) is 4.63. The van der Waals surface area contributed by atoms with E-state index in [1.54, 1.807) is 18.2 Å². The first-order valence-corrected chi connectivity index (χ1v) is 7.10. The Hall–Kier alpha value is -1.75. The first kappa shape index (κ1) is 15.6. The van der Waals surface area contributed by atoms with Crippen molar-refractivity contribution in [2.45, 2.75) is 6.54 Å². The zero-order valence-electron chi connectivity index (χ0n) is 11.4. The summed E-state index contributed by atoms with van der Waals surface area (Å²) in [6, 6.07) is 12.1. The minimum Gasteiger partial charge on any atom is -0.316 e. The summed E-state index contributed by atoms with van der Waals surface area (Å²) in [5.74, 6) is 0. The van der Waals surface area contributed by atoms with Crippen LogP contribution in [0.25, 0.3) is 0 Å². The largest absolute Gasteiger partial charge is 0.323 e. The molecule has 0 aromatic heterocycles. The molecule has 0 saturated heterocycles. The molecule has 2 amide bonds. The first-order chi connectivity index (χ1) is 10.1. The predicted octanol–water partition coefficient (Wildman–Crippen LogP) is 4.36. The van der Waals surface area contributed by atoms with Gasteiger partial charge in [-0.15, -0.1) is 0 Å². The van der Waals surface area contributed by atoms with Crippen LogP contribution < -0.4 is 16.0 Å². The van der Waals surface area contributed by atoms with E-state index in [2.05, 4.69) is 16.0 Å². The van der Waals surface area contributed by atoms with Crippen LogP contribution in [0, 0.1) is 0 Å². The number of carbonyl (C=O) groups is 1. The highest BCUT2D eigenvalue weighted by molar-refractivity contribution is 6.35. The molecule has 2 aromatic carbocycles. The summed E-state index contributed by atoms with van der Waals surface area (Å²) < 4.78 is 0. The van der Waals surface area contributed by atoms with E-state index in [4.69, 9.17) is 23.2 Å². The van der Waals surface area contributed by atoms with Gasteiger partial charge in [0.2, 0.25) is 0 Å². The molecule has 2 rings (SSSR count). The number of para-hydroxylation sites is 1. The lowest BCUT2D eigenvalue weighted by atomic mass is 10.2. The van der Waals surface area contributed by atoms with Gasteiger partial charge in [0.05, 0.1) is 0 Å². The Morgan fingerprint density at radius 3 is 2.38 bits per heavy atom. The third-order valence-electron chi connectivity index (χ3n) is 2.75. The number of amides is 2. The number of nitrogens with one attached hydrogen (secondary N) is 3. The van der Waals surface area contributed by atoms with E-state index in [0.717, 1.165) is 11.3 Å². The van der Waals surface area contributed by atoms with E-state index in [9.17, 15) is 4.79 Å². The predicted molar refractivity (Wildman–Crippen MR) is 88.3 cm³/mol. The van der Waals surface area contributed by atoms with E-state index in [-0.39, 0.29) is 6.03 Å². The highest BCUT2D eigenvalue weighted by Crippen LogP contribution is 2.23. The van der Waals surface area contributed by atoms with Crippen LogP contribution in [-0.2, 0) is 6.54 Å². The second-order valence-corrected chi connectivity index (χ2v) is 5.30. The van der Waals surface area contributed by atoms with E-state index in [0.29, 0.717) is 22.3 Å². The number of hydrogen-bond acceptors (Lipinski definition) is 2. The Morgan fingerprint density at radius 2 is 1.71 bits per heavy atom.